The van der Waals surface area contributed by atoms with Crippen molar-refractivity contribution in [2.45, 2.75) is 32.9 Å². The molecule has 1 atom stereocenters. The van der Waals surface area contributed by atoms with Crippen molar-refractivity contribution in [2.24, 2.45) is 4.99 Å². The van der Waals surface area contributed by atoms with Crippen molar-refractivity contribution in [2.75, 3.05) is 0 Å². The number of hydrogen-bond donors (Lipinski definition) is 2. The van der Waals surface area contributed by atoms with Gasteiger partial charge < -0.3 is 10.2 Å². The number of thiophene rings is 1. The fraction of sp³-hybridized carbons (Fsp3) is 0.263. The molecule has 3 aromatic rings. The van der Waals surface area contributed by atoms with E-state index in [4.69, 9.17) is 16.6 Å². The Balaban J connectivity index is 2.04. The second-order valence-corrected chi connectivity index (χ2v) is 8.05. The van der Waals surface area contributed by atoms with Gasteiger partial charge in [-0.3, -0.25) is 14.4 Å². The molecular weight excluding hydrogens is 400 g/mol. The average molecular weight is 417 g/mol. The molecule has 2 N–H and O–H groups in total. The molecule has 0 aliphatic carbocycles. The largest absolute Gasteiger partial charge is 0.481 e. The second kappa shape index (κ2) is 7.12. The van der Waals surface area contributed by atoms with Gasteiger partial charge in [0, 0.05) is 21.0 Å². The molecule has 0 unspecified atom stereocenters. The van der Waals surface area contributed by atoms with Crippen LogP contribution in [0.4, 0.5) is 0 Å². The number of halogens is 1. The third kappa shape index (κ3) is 3.03. The number of aliphatic hydroxyl groups excluding tert-OH is 1. The van der Waals surface area contributed by atoms with Gasteiger partial charge in [-0.15, -0.1) is 21.5 Å². The van der Waals surface area contributed by atoms with E-state index in [1.165, 1.54) is 11.3 Å². The van der Waals surface area contributed by atoms with Crippen molar-refractivity contribution in [3.63, 3.8) is 0 Å². The molecule has 1 aliphatic rings. The summed E-state index contributed by atoms with van der Waals surface area (Å²) in [6.07, 6.45) is -0.198. The first kappa shape index (κ1) is 18.8. The normalized spacial score (nSPS) is 15.6. The molecule has 1 aromatic carbocycles. The monoisotopic (exact) mass is 416 g/mol. The zero-order chi connectivity index (χ0) is 20.0. The Labute approximate surface area is 170 Å². The minimum Gasteiger partial charge on any atom is -0.481 e. The Morgan fingerprint density at radius 3 is 2.61 bits per heavy atom. The van der Waals surface area contributed by atoms with Gasteiger partial charge in [0.25, 0.3) is 0 Å². The Bertz CT molecular complexity index is 1100. The fourth-order valence-electron chi connectivity index (χ4n) is 3.38. The molecule has 1 aliphatic heterocycles. The third-order valence-corrected chi connectivity index (χ3v) is 6.24. The molecule has 0 fully saturated rings. The van der Waals surface area contributed by atoms with Crippen LogP contribution < -0.4 is 0 Å². The highest BCUT2D eigenvalue weighted by Gasteiger charge is 2.32. The van der Waals surface area contributed by atoms with E-state index in [1.807, 2.05) is 30.5 Å². The number of fused-ring (bicyclic) bond motifs is 3. The number of aromatic nitrogens is 3. The smallest absolute Gasteiger partial charge is 0.306 e. The topological polar surface area (TPSA) is 101 Å². The average Bonchev–Trinajstić information content (AvgIpc) is 3.15. The van der Waals surface area contributed by atoms with E-state index in [2.05, 4.69) is 10.2 Å². The number of carboxylic acid groups (broad SMARTS) is 1. The molecule has 0 radical (unpaired) electrons. The fourth-order valence-corrected chi connectivity index (χ4v) is 4.73. The number of aryl methyl sites for hydroxylation is 1. The molecule has 0 saturated heterocycles. The number of aliphatic imine (C=N–C) groups is 1. The number of carboxylic acids is 1. The van der Waals surface area contributed by atoms with Crippen LogP contribution in [-0.4, -0.2) is 36.7 Å². The van der Waals surface area contributed by atoms with Gasteiger partial charge in [0.15, 0.2) is 5.82 Å². The maximum atomic E-state index is 11.5. The molecular formula is C19H17ClN4O3S. The van der Waals surface area contributed by atoms with Gasteiger partial charge in [0.05, 0.1) is 18.7 Å². The highest BCUT2D eigenvalue weighted by atomic mass is 35.5. The van der Waals surface area contributed by atoms with Crippen LogP contribution in [0.2, 0.25) is 5.02 Å². The number of aliphatic carboxylic acids is 1. The summed E-state index contributed by atoms with van der Waals surface area (Å²) in [6, 6.07) is 6.59. The maximum absolute atomic E-state index is 11.5. The van der Waals surface area contributed by atoms with Gasteiger partial charge in [-0.2, -0.15) is 0 Å². The molecule has 2 aromatic heterocycles. The number of nitrogens with zero attached hydrogens (tertiary/aromatic N) is 4. The van der Waals surface area contributed by atoms with Crippen molar-refractivity contribution in [1.29, 1.82) is 0 Å². The van der Waals surface area contributed by atoms with Crippen LogP contribution in [0.5, 0.6) is 0 Å². The van der Waals surface area contributed by atoms with Gasteiger partial charge in [0.1, 0.15) is 16.9 Å². The molecule has 9 heteroatoms. The number of hydrogen-bond acceptors (Lipinski definition) is 6. The summed E-state index contributed by atoms with van der Waals surface area (Å²) in [6.45, 7) is 3.66. The van der Waals surface area contributed by atoms with Gasteiger partial charge in [0.2, 0.25) is 0 Å². The van der Waals surface area contributed by atoms with Crippen LogP contribution in [0.25, 0.3) is 5.00 Å². The van der Waals surface area contributed by atoms with Crippen molar-refractivity contribution in [3.8, 4) is 5.00 Å². The lowest BCUT2D eigenvalue weighted by molar-refractivity contribution is -0.137. The summed E-state index contributed by atoms with van der Waals surface area (Å²) in [5.74, 6) is 0.162. The highest BCUT2D eigenvalue weighted by Crippen LogP contribution is 2.39. The van der Waals surface area contributed by atoms with E-state index in [0.717, 1.165) is 26.6 Å². The molecule has 0 bridgehead atoms. The van der Waals surface area contributed by atoms with Crippen LogP contribution in [0.1, 0.15) is 45.7 Å². The Morgan fingerprint density at radius 2 is 1.96 bits per heavy atom. The predicted molar refractivity (Wildman–Crippen MR) is 107 cm³/mol. The lowest BCUT2D eigenvalue weighted by Gasteiger charge is -2.11. The van der Waals surface area contributed by atoms with Crippen molar-refractivity contribution >= 4 is 34.6 Å². The molecule has 28 heavy (non-hydrogen) atoms. The first-order chi connectivity index (χ1) is 13.4. The molecule has 144 valence electrons. The molecule has 4 rings (SSSR count). The lowest BCUT2D eigenvalue weighted by Crippen LogP contribution is -2.10. The van der Waals surface area contributed by atoms with Gasteiger partial charge in [-0.1, -0.05) is 23.7 Å². The summed E-state index contributed by atoms with van der Waals surface area (Å²) in [4.78, 5) is 17.1. The van der Waals surface area contributed by atoms with E-state index in [9.17, 15) is 15.0 Å². The van der Waals surface area contributed by atoms with Crippen LogP contribution in [0.15, 0.2) is 29.3 Å². The molecule has 7 nitrogen and oxygen atoms in total. The summed E-state index contributed by atoms with van der Waals surface area (Å²) >= 11 is 7.48. The Kier molecular flexibility index (Phi) is 4.78. The highest BCUT2D eigenvalue weighted by molar-refractivity contribution is 7.15. The summed E-state index contributed by atoms with van der Waals surface area (Å²) in [5.41, 5.74) is 3.25. The quantitative estimate of drug-likeness (QED) is 0.678. The van der Waals surface area contributed by atoms with E-state index in [0.29, 0.717) is 22.4 Å². The molecule has 0 amide bonds. The number of rotatable bonds is 4. The summed E-state index contributed by atoms with van der Waals surface area (Å²) < 4.78 is 1.85. The van der Waals surface area contributed by atoms with Gasteiger partial charge in [-0.05, 0) is 31.5 Å². The molecule has 3 heterocycles. The van der Waals surface area contributed by atoms with Crippen LogP contribution in [0, 0.1) is 13.8 Å². The van der Waals surface area contributed by atoms with Crippen LogP contribution in [0.3, 0.4) is 0 Å². The standard InChI is InChI=1S/C19H17ClN4O3S/c1-9-14(8-25)28-19-16(9)17(11-3-5-12(20)6-4-11)21-13(7-15(26)27)18-23-22-10(2)24(18)19/h3-6,13,25H,7-8H2,1-2H3,(H,26,27)/t13-/m0/s1. The maximum Gasteiger partial charge on any atom is 0.306 e. The molecule has 0 spiro atoms. The number of benzene rings is 1. The van der Waals surface area contributed by atoms with E-state index >= 15 is 0 Å². The SMILES string of the molecule is Cc1c(CO)sc2c1C(c1ccc(Cl)cc1)=N[C@@H](CC(=O)O)c1nnc(C)n1-2. The number of carbonyl (C=O) groups is 1. The van der Waals surface area contributed by atoms with E-state index in [1.54, 1.807) is 12.1 Å². The van der Waals surface area contributed by atoms with Crippen LogP contribution in [-0.2, 0) is 11.4 Å². The lowest BCUT2D eigenvalue weighted by atomic mass is 9.99. The van der Waals surface area contributed by atoms with Gasteiger partial charge in [-0.25, -0.2) is 0 Å². The first-order valence-corrected chi connectivity index (χ1v) is 9.81. The minimum absolute atomic E-state index is 0.0908. The molecule has 0 saturated carbocycles. The Morgan fingerprint density at radius 1 is 1.25 bits per heavy atom. The van der Waals surface area contributed by atoms with E-state index < -0.39 is 12.0 Å². The Hall–Kier alpha value is -2.55. The zero-order valence-electron chi connectivity index (χ0n) is 15.2. The van der Waals surface area contributed by atoms with Gasteiger partial charge >= 0.3 is 5.97 Å². The van der Waals surface area contributed by atoms with Crippen molar-refractivity contribution in [3.05, 3.63) is 62.5 Å². The summed E-state index contributed by atoms with van der Waals surface area (Å²) in [7, 11) is 0. The first-order valence-electron chi connectivity index (χ1n) is 8.62. The second-order valence-electron chi connectivity index (χ2n) is 6.53. The van der Waals surface area contributed by atoms with E-state index in [-0.39, 0.29) is 13.0 Å². The van der Waals surface area contributed by atoms with Crippen LogP contribution >= 0.6 is 22.9 Å². The minimum atomic E-state index is -0.963. The van der Waals surface area contributed by atoms with Crippen molar-refractivity contribution in [1.82, 2.24) is 14.8 Å². The summed E-state index contributed by atoms with van der Waals surface area (Å²) in [5, 5.41) is 29.0. The predicted octanol–water partition coefficient (Wildman–Crippen LogP) is 3.46. The number of aliphatic hydroxyl groups is 1. The zero-order valence-corrected chi connectivity index (χ0v) is 16.8. The van der Waals surface area contributed by atoms with Crippen molar-refractivity contribution < 1.29 is 15.0 Å². The third-order valence-electron chi connectivity index (χ3n) is 4.73.